The molecule has 1 N–H and O–H groups in total. The van der Waals surface area contributed by atoms with Crippen molar-refractivity contribution in [1.29, 1.82) is 0 Å². The average Bonchev–Trinajstić information content (AvgIpc) is 3.19. The van der Waals surface area contributed by atoms with Crippen LogP contribution in [0.2, 0.25) is 0 Å². The first-order valence-corrected chi connectivity index (χ1v) is 8.90. The second-order valence-corrected chi connectivity index (χ2v) is 7.52. The maximum atomic E-state index is 12.7. The highest BCUT2D eigenvalue weighted by molar-refractivity contribution is 7.13. The molecule has 24 heavy (non-hydrogen) atoms. The van der Waals surface area contributed by atoms with E-state index in [9.17, 15) is 4.79 Å². The third-order valence-electron chi connectivity index (χ3n) is 4.49. The van der Waals surface area contributed by atoms with Gasteiger partial charge in [-0.25, -0.2) is 4.98 Å². The summed E-state index contributed by atoms with van der Waals surface area (Å²) in [6.07, 6.45) is 2.86. The largest absolute Gasteiger partial charge is 0.361 e. The first kappa shape index (κ1) is 15.4. The van der Waals surface area contributed by atoms with Crippen LogP contribution in [-0.4, -0.2) is 46.3 Å². The minimum atomic E-state index is 0.00337. The molecule has 3 aromatic rings. The molecular weight excluding hydrogens is 320 g/mol. The summed E-state index contributed by atoms with van der Waals surface area (Å²) >= 11 is 1.54. The van der Waals surface area contributed by atoms with E-state index in [-0.39, 0.29) is 5.91 Å². The van der Waals surface area contributed by atoms with Gasteiger partial charge in [0.2, 0.25) is 0 Å². The van der Waals surface area contributed by atoms with Crippen molar-refractivity contribution in [3.05, 3.63) is 51.6 Å². The number of H-pyrrole nitrogens is 1. The van der Waals surface area contributed by atoms with Crippen molar-refractivity contribution in [1.82, 2.24) is 19.8 Å². The number of hydrogen-bond donors (Lipinski definition) is 1. The van der Waals surface area contributed by atoms with E-state index in [2.05, 4.69) is 40.1 Å². The standard InChI is InChI=1S/C18H20N4OS/c1-21-8-6-14-16(11-21)24-17(20-14)18(23)22(2)10-12-3-4-13-5-7-19-15(13)9-12/h3-5,7,9,19H,6,8,10-11H2,1-2H3. The Morgan fingerprint density at radius 1 is 1.42 bits per heavy atom. The summed E-state index contributed by atoms with van der Waals surface area (Å²) in [5.41, 5.74) is 3.31. The molecule has 0 saturated carbocycles. The van der Waals surface area contributed by atoms with Gasteiger partial charge in [0.25, 0.3) is 5.91 Å². The monoisotopic (exact) mass is 340 g/mol. The number of aromatic nitrogens is 2. The lowest BCUT2D eigenvalue weighted by molar-refractivity contribution is 0.0784. The van der Waals surface area contributed by atoms with Crippen LogP contribution in [-0.2, 0) is 19.5 Å². The molecule has 5 nitrogen and oxygen atoms in total. The molecule has 0 fully saturated rings. The molecule has 0 bridgehead atoms. The zero-order chi connectivity index (χ0) is 16.7. The fourth-order valence-corrected chi connectivity index (χ4v) is 4.30. The second kappa shape index (κ2) is 6.03. The predicted molar refractivity (Wildman–Crippen MR) is 96.2 cm³/mol. The van der Waals surface area contributed by atoms with Crippen LogP contribution in [0.25, 0.3) is 10.9 Å². The molecule has 6 heteroatoms. The highest BCUT2D eigenvalue weighted by Gasteiger charge is 2.23. The summed E-state index contributed by atoms with van der Waals surface area (Å²) in [5, 5.41) is 1.79. The van der Waals surface area contributed by atoms with Crippen LogP contribution in [0.3, 0.4) is 0 Å². The molecule has 3 heterocycles. The molecule has 1 aliphatic heterocycles. The number of rotatable bonds is 3. The Balaban J connectivity index is 1.51. The van der Waals surface area contributed by atoms with E-state index < -0.39 is 0 Å². The van der Waals surface area contributed by atoms with Crippen molar-refractivity contribution in [2.24, 2.45) is 0 Å². The number of carbonyl (C=O) groups is 1. The van der Waals surface area contributed by atoms with Gasteiger partial charge in [0.1, 0.15) is 0 Å². The molecular formula is C18H20N4OS. The summed E-state index contributed by atoms with van der Waals surface area (Å²) < 4.78 is 0. The molecule has 0 spiro atoms. The maximum Gasteiger partial charge on any atom is 0.282 e. The normalized spacial score (nSPS) is 14.8. The van der Waals surface area contributed by atoms with Crippen LogP contribution < -0.4 is 0 Å². The minimum Gasteiger partial charge on any atom is -0.361 e. The number of benzene rings is 1. The van der Waals surface area contributed by atoms with E-state index in [1.165, 1.54) is 21.6 Å². The SMILES string of the molecule is CN1CCc2nc(C(=O)N(C)Cc3ccc4cc[nH]c4c3)sc2C1. The lowest BCUT2D eigenvalue weighted by Gasteiger charge is -2.20. The number of fused-ring (bicyclic) bond motifs is 2. The van der Waals surface area contributed by atoms with Gasteiger partial charge in [0, 0.05) is 49.7 Å². The maximum absolute atomic E-state index is 12.7. The van der Waals surface area contributed by atoms with Gasteiger partial charge in [-0.1, -0.05) is 12.1 Å². The van der Waals surface area contributed by atoms with Crippen LogP contribution in [0.1, 0.15) is 25.9 Å². The van der Waals surface area contributed by atoms with Gasteiger partial charge in [-0.15, -0.1) is 11.3 Å². The van der Waals surface area contributed by atoms with Crippen LogP contribution in [0.15, 0.2) is 30.5 Å². The molecule has 0 atom stereocenters. The average molecular weight is 340 g/mol. The Hall–Kier alpha value is -2.18. The lowest BCUT2D eigenvalue weighted by atomic mass is 10.1. The van der Waals surface area contributed by atoms with E-state index in [4.69, 9.17) is 0 Å². The van der Waals surface area contributed by atoms with Gasteiger partial charge >= 0.3 is 0 Å². The van der Waals surface area contributed by atoms with Crippen LogP contribution >= 0.6 is 11.3 Å². The molecule has 1 aliphatic rings. The number of likely N-dealkylation sites (N-methyl/N-ethyl adjacent to an activating group) is 1. The van der Waals surface area contributed by atoms with Crippen LogP contribution in [0.5, 0.6) is 0 Å². The van der Waals surface area contributed by atoms with Gasteiger partial charge in [0.05, 0.1) is 5.69 Å². The lowest BCUT2D eigenvalue weighted by Crippen LogP contribution is -2.26. The number of nitrogens with one attached hydrogen (secondary N) is 1. The Morgan fingerprint density at radius 2 is 2.29 bits per heavy atom. The quantitative estimate of drug-likeness (QED) is 0.798. The van der Waals surface area contributed by atoms with Crippen molar-refractivity contribution in [3.8, 4) is 0 Å². The minimum absolute atomic E-state index is 0.00337. The number of hydrogen-bond acceptors (Lipinski definition) is 4. The predicted octanol–water partition coefficient (Wildman–Crippen LogP) is 2.88. The van der Waals surface area contributed by atoms with Crippen molar-refractivity contribution in [2.75, 3.05) is 20.6 Å². The highest BCUT2D eigenvalue weighted by atomic mass is 32.1. The highest BCUT2D eigenvalue weighted by Crippen LogP contribution is 2.25. The number of carbonyl (C=O) groups excluding carboxylic acids is 1. The zero-order valence-electron chi connectivity index (χ0n) is 13.9. The molecule has 0 unspecified atom stereocenters. The first-order valence-electron chi connectivity index (χ1n) is 8.09. The summed E-state index contributed by atoms with van der Waals surface area (Å²) in [5.74, 6) is 0.00337. The topological polar surface area (TPSA) is 52.2 Å². The van der Waals surface area contributed by atoms with Crippen LogP contribution in [0, 0.1) is 0 Å². The fraction of sp³-hybridized carbons (Fsp3) is 0.333. The number of aromatic amines is 1. The van der Waals surface area contributed by atoms with Crippen molar-refractivity contribution in [3.63, 3.8) is 0 Å². The van der Waals surface area contributed by atoms with Gasteiger partial charge in [-0.3, -0.25) is 4.79 Å². The van der Waals surface area contributed by atoms with E-state index in [0.29, 0.717) is 11.6 Å². The molecule has 4 rings (SSSR count). The third-order valence-corrected chi connectivity index (χ3v) is 5.56. The molecule has 1 amide bonds. The summed E-state index contributed by atoms with van der Waals surface area (Å²) in [4.78, 5) is 25.8. The Morgan fingerprint density at radius 3 is 3.17 bits per heavy atom. The van der Waals surface area contributed by atoms with Crippen LogP contribution in [0.4, 0.5) is 0 Å². The summed E-state index contributed by atoms with van der Waals surface area (Å²) in [6, 6.07) is 8.30. The van der Waals surface area contributed by atoms with E-state index >= 15 is 0 Å². The third kappa shape index (κ3) is 2.83. The van der Waals surface area contributed by atoms with Crippen molar-refractivity contribution < 1.29 is 4.79 Å². The number of thiazole rings is 1. The molecule has 124 valence electrons. The Labute approximate surface area is 144 Å². The second-order valence-electron chi connectivity index (χ2n) is 6.44. The summed E-state index contributed by atoms with van der Waals surface area (Å²) in [6.45, 7) is 2.49. The molecule has 1 aromatic carbocycles. The first-order chi connectivity index (χ1) is 11.6. The number of amides is 1. The Bertz CT molecular complexity index is 897. The Kier molecular flexibility index (Phi) is 3.86. The summed E-state index contributed by atoms with van der Waals surface area (Å²) in [7, 11) is 3.95. The van der Waals surface area contributed by atoms with Crippen molar-refractivity contribution in [2.45, 2.75) is 19.5 Å². The zero-order valence-corrected chi connectivity index (χ0v) is 14.7. The fourth-order valence-electron chi connectivity index (χ4n) is 3.12. The van der Waals surface area contributed by atoms with Crippen molar-refractivity contribution >= 4 is 28.1 Å². The van der Waals surface area contributed by atoms with Gasteiger partial charge in [-0.05, 0) is 30.1 Å². The smallest absolute Gasteiger partial charge is 0.282 e. The van der Waals surface area contributed by atoms with E-state index in [1.54, 1.807) is 4.90 Å². The molecule has 2 aromatic heterocycles. The van der Waals surface area contributed by atoms with E-state index in [0.717, 1.165) is 36.3 Å². The molecule has 0 saturated heterocycles. The van der Waals surface area contributed by atoms with Gasteiger partial charge < -0.3 is 14.8 Å². The molecule has 0 radical (unpaired) electrons. The molecule has 0 aliphatic carbocycles. The van der Waals surface area contributed by atoms with Gasteiger partial charge in [-0.2, -0.15) is 0 Å². The van der Waals surface area contributed by atoms with E-state index in [1.807, 2.05) is 19.3 Å². The number of nitrogens with zero attached hydrogens (tertiary/aromatic N) is 3. The van der Waals surface area contributed by atoms with Gasteiger partial charge in [0.15, 0.2) is 5.01 Å².